The van der Waals surface area contributed by atoms with Gasteiger partial charge in [-0.2, -0.15) is 0 Å². The molecule has 0 bridgehead atoms. The number of benzene rings is 1. The SMILES string of the molecule is CNC(=O)N1C[C@H]2CC23C1=CC(=O)c1ccccc13. The van der Waals surface area contributed by atoms with E-state index in [1.54, 1.807) is 18.0 Å². The molecular weight excluding hydrogens is 240 g/mol. The number of amides is 2. The van der Waals surface area contributed by atoms with Crippen LogP contribution in [0.2, 0.25) is 0 Å². The zero-order valence-corrected chi connectivity index (χ0v) is 10.6. The Balaban J connectivity index is 1.89. The quantitative estimate of drug-likeness (QED) is 0.765. The molecule has 1 saturated heterocycles. The van der Waals surface area contributed by atoms with Crippen molar-refractivity contribution in [3.05, 3.63) is 47.2 Å². The van der Waals surface area contributed by atoms with Crippen molar-refractivity contribution in [1.82, 2.24) is 10.2 Å². The van der Waals surface area contributed by atoms with Gasteiger partial charge in [0.15, 0.2) is 5.78 Å². The molecular formula is C15H14N2O2. The van der Waals surface area contributed by atoms with Crippen LogP contribution >= 0.6 is 0 Å². The zero-order valence-electron chi connectivity index (χ0n) is 10.6. The Morgan fingerprint density at radius 3 is 3.00 bits per heavy atom. The highest BCUT2D eigenvalue weighted by Gasteiger charge is 2.67. The molecule has 1 N–H and O–H groups in total. The van der Waals surface area contributed by atoms with E-state index in [0.29, 0.717) is 12.5 Å². The number of nitrogens with zero attached hydrogens (tertiary/aromatic N) is 1. The van der Waals surface area contributed by atoms with Crippen molar-refractivity contribution in [2.45, 2.75) is 11.8 Å². The zero-order chi connectivity index (χ0) is 13.2. The van der Waals surface area contributed by atoms with Crippen LogP contribution in [0.25, 0.3) is 0 Å². The molecule has 3 aliphatic rings. The summed E-state index contributed by atoms with van der Waals surface area (Å²) < 4.78 is 0. The lowest BCUT2D eigenvalue weighted by atomic mass is 9.81. The molecule has 1 spiro atoms. The Labute approximate surface area is 111 Å². The number of hydrogen-bond donors (Lipinski definition) is 1. The number of carbonyl (C=O) groups is 2. The molecule has 4 rings (SSSR count). The van der Waals surface area contributed by atoms with Crippen LogP contribution in [0.1, 0.15) is 22.3 Å². The Bertz CT molecular complexity index is 649. The number of hydrogen-bond acceptors (Lipinski definition) is 2. The van der Waals surface area contributed by atoms with E-state index >= 15 is 0 Å². The molecule has 2 aliphatic carbocycles. The van der Waals surface area contributed by atoms with E-state index in [9.17, 15) is 9.59 Å². The molecule has 2 fully saturated rings. The molecule has 1 unspecified atom stereocenters. The number of allylic oxidation sites excluding steroid dienone is 2. The van der Waals surface area contributed by atoms with Gasteiger partial charge in [0.1, 0.15) is 0 Å². The number of rotatable bonds is 0. The first-order chi connectivity index (χ1) is 9.18. The number of urea groups is 1. The third kappa shape index (κ3) is 1.14. The summed E-state index contributed by atoms with van der Waals surface area (Å²) in [5.41, 5.74) is 2.72. The van der Waals surface area contributed by atoms with Crippen molar-refractivity contribution in [3.8, 4) is 0 Å². The summed E-state index contributed by atoms with van der Waals surface area (Å²) in [5, 5.41) is 2.65. The van der Waals surface area contributed by atoms with Crippen LogP contribution < -0.4 is 5.32 Å². The largest absolute Gasteiger partial charge is 0.341 e. The number of fused-ring (bicyclic) bond motifs is 1. The van der Waals surface area contributed by atoms with Crippen LogP contribution in [-0.2, 0) is 5.41 Å². The number of carbonyl (C=O) groups excluding carboxylic acids is 2. The van der Waals surface area contributed by atoms with Crippen LogP contribution in [0, 0.1) is 5.92 Å². The van der Waals surface area contributed by atoms with Gasteiger partial charge >= 0.3 is 6.03 Å². The second-order valence-electron chi connectivity index (χ2n) is 5.48. The van der Waals surface area contributed by atoms with Gasteiger partial charge in [-0.3, -0.25) is 9.69 Å². The minimum Gasteiger partial charge on any atom is -0.341 e. The normalized spacial score (nSPS) is 30.2. The lowest BCUT2D eigenvalue weighted by Crippen LogP contribution is -2.39. The van der Waals surface area contributed by atoms with Gasteiger partial charge in [0.25, 0.3) is 0 Å². The van der Waals surface area contributed by atoms with Crippen molar-refractivity contribution in [2.75, 3.05) is 13.6 Å². The standard InChI is InChI=1S/C15H14N2O2/c1-16-14(19)17-8-9-7-15(9)11-5-3-2-4-10(11)12(18)6-13(15)17/h2-6,9H,7-8H2,1H3,(H,16,19)/t9-,15?/m1/s1. The molecule has 2 atom stereocenters. The highest BCUT2D eigenvalue weighted by molar-refractivity contribution is 6.09. The smallest absolute Gasteiger partial charge is 0.321 e. The third-order valence-corrected chi connectivity index (χ3v) is 4.66. The van der Waals surface area contributed by atoms with E-state index < -0.39 is 0 Å². The van der Waals surface area contributed by atoms with Gasteiger partial charge in [-0.25, -0.2) is 4.79 Å². The first-order valence-electron chi connectivity index (χ1n) is 6.54. The molecule has 19 heavy (non-hydrogen) atoms. The predicted molar refractivity (Wildman–Crippen MR) is 69.8 cm³/mol. The van der Waals surface area contributed by atoms with Gasteiger partial charge in [-0.1, -0.05) is 24.3 Å². The maximum atomic E-state index is 12.2. The first-order valence-corrected chi connectivity index (χ1v) is 6.54. The molecule has 0 aromatic heterocycles. The van der Waals surface area contributed by atoms with Gasteiger partial charge in [0.05, 0.1) is 0 Å². The third-order valence-electron chi connectivity index (χ3n) is 4.66. The summed E-state index contributed by atoms with van der Waals surface area (Å²) >= 11 is 0. The lowest BCUT2D eigenvalue weighted by Gasteiger charge is -2.28. The van der Waals surface area contributed by atoms with Crippen molar-refractivity contribution < 1.29 is 9.59 Å². The second kappa shape index (κ2) is 3.26. The van der Waals surface area contributed by atoms with Crippen molar-refractivity contribution in [3.63, 3.8) is 0 Å². The van der Waals surface area contributed by atoms with E-state index in [2.05, 4.69) is 5.32 Å². The number of piperidine rings is 1. The molecule has 0 radical (unpaired) electrons. The van der Waals surface area contributed by atoms with E-state index in [4.69, 9.17) is 0 Å². The van der Waals surface area contributed by atoms with E-state index in [1.165, 1.54) is 0 Å². The molecule has 1 aromatic rings. The molecule has 1 saturated carbocycles. The minimum atomic E-state index is -0.120. The van der Waals surface area contributed by atoms with Crippen LogP contribution in [0.15, 0.2) is 36.0 Å². The summed E-state index contributed by atoms with van der Waals surface area (Å²) in [7, 11) is 1.62. The van der Waals surface area contributed by atoms with Gasteiger partial charge in [0, 0.05) is 36.3 Å². The Morgan fingerprint density at radius 2 is 2.21 bits per heavy atom. The first kappa shape index (κ1) is 10.8. The average Bonchev–Trinajstić information content (AvgIpc) is 3.07. The van der Waals surface area contributed by atoms with Crippen LogP contribution in [0.3, 0.4) is 0 Å². The topological polar surface area (TPSA) is 49.4 Å². The number of likely N-dealkylation sites (tertiary alicyclic amines) is 1. The highest BCUT2D eigenvalue weighted by Crippen LogP contribution is 2.66. The lowest BCUT2D eigenvalue weighted by molar-refractivity contribution is 0.103. The average molecular weight is 254 g/mol. The van der Waals surface area contributed by atoms with E-state index in [1.807, 2.05) is 24.3 Å². The number of ketones is 1. The van der Waals surface area contributed by atoms with Gasteiger partial charge in [-0.05, 0) is 17.9 Å². The fraction of sp³-hybridized carbons (Fsp3) is 0.333. The van der Waals surface area contributed by atoms with Gasteiger partial charge in [-0.15, -0.1) is 0 Å². The van der Waals surface area contributed by atoms with Crippen LogP contribution in [0.4, 0.5) is 4.79 Å². The summed E-state index contributed by atoms with van der Waals surface area (Å²) in [4.78, 5) is 25.8. The van der Waals surface area contributed by atoms with Crippen molar-refractivity contribution in [1.29, 1.82) is 0 Å². The summed E-state index contributed by atoms with van der Waals surface area (Å²) in [6, 6.07) is 7.67. The maximum Gasteiger partial charge on any atom is 0.321 e. The monoisotopic (exact) mass is 254 g/mol. The fourth-order valence-corrected chi connectivity index (χ4v) is 3.71. The van der Waals surface area contributed by atoms with Crippen LogP contribution in [-0.4, -0.2) is 30.3 Å². The van der Waals surface area contributed by atoms with Crippen molar-refractivity contribution >= 4 is 11.8 Å². The molecule has 1 aliphatic heterocycles. The van der Waals surface area contributed by atoms with Crippen LogP contribution in [0.5, 0.6) is 0 Å². The summed E-state index contributed by atoms with van der Waals surface area (Å²) in [5.74, 6) is 0.475. The Hall–Kier alpha value is -2.10. The maximum absolute atomic E-state index is 12.2. The molecule has 1 heterocycles. The Kier molecular flexibility index (Phi) is 1.85. The minimum absolute atomic E-state index is 0.0117. The van der Waals surface area contributed by atoms with E-state index in [-0.39, 0.29) is 17.2 Å². The molecule has 96 valence electrons. The summed E-state index contributed by atoms with van der Waals surface area (Å²) in [6.45, 7) is 0.715. The molecule has 1 aromatic carbocycles. The fourth-order valence-electron chi connectivity index (χ4n) is 3.71. The van der Waals surface area contributed by atoms with E-state index in [0.717, 1.165) is 23.2 Å². The molecule has 4 nitrogen and oxygen atoms in total. The number of nitrogens with one attached hydrogen (secondary N) is 1. The predicted octanol–water partition coefficient (Wildman–Crippen LogP) is 1.68. The second-order valence-corrected chi connectivity index (χ2v) is 5.48. The molecule has 2 amide bonds. The highest BCUT2D eigenvalue weighted by atomic mass is 16.2. The van der Waals surface area contributed by atoms with Gasteiger partial charge < -0.3 is 5.32 Å². The molecule has 4 heteroatoms. The summed E-state index contributed by atoms with van der Waals surface area (Å²) in [6.07, 6.45) is 2.71. The Morgan fingerprint density at radius 1 is 1.42 bits per heavy atom. The van der Waals surface area contributed by atoms with Gasteiger partial charge in [0.2, 0.25) is 0 Å². The van der Waals surface area contributed by atoms with Crippen molar-refractivity contribution in [2.24, 2.45) is 5.92 Å².